The molecule has 1 aliphatic rings. The molecule has 0 N–H and O–H groups in total. The Morgan fingerprint density at radius 3 is 1.96 bits per heavy atom. The Balaban J connectivity index is 1.26. The summed E-state index contributed by atoms with van der Waals surface area (Å²) in [6.45, 7) is 2.15. The summed E-state index contributed by atoms with van der Waals surface area (Å²) in [5, 5.41) is 0. The lowest BCUT2D eigenvalue weighted by atomic mass is 9.77. The zero-order valence-electron chi connectivity index (χ0n) is 25.7. The highest BCUT2D eigenvalue weighted by molar-refractivity contribution is 5.73. The Morgan fingerprint density at radius 2 is 1.36 bits per heavy atom. The van der Waals surface area contributed by atoms with Gasteiger partial charge in [-0.15, -0.1) is 0 Å². The van der Waals surface area contributed by atoms with Crippen molar-refractivity contribution in [3.63, 3.8) is 0 Å². The van der Waals surface area contributed by atoms with Gasteiger partial charge in [0, 0.05) is 11.1 Å². The Kier molecular flexibility index (Phi) is 10.7. The molecule has 0 atom stereocenters. The van der Waals surface area contributed by atoms with Crippen LogP contribution in [0.5, 0.6) is 5.75 Å². The van der Waals surface area contributed by atoms with Gasteiger partial charge in [-0.05, 0) is 102 Å². The van der Waals surface area contributed by atoms with Crippen molar-refractivity contribution in [3.05, 3.63) is 119 Å². The number of halogens is 8. The molecule has 47 heavy (non-hydrogen) atoms. The number of ether oxygens (including phenoxy) is 1. The summed E-state index contributed by atoms with van der Waals surface area (Å²) in [6.07, 6.45) is 3.35. The molecule has 0 saturated heterocycles. The maximum atomic E-state index is 15.1. The minimum Gasteiger partial charge on any atom is -0.429 e. The number of alkyl halides is 2. The van der Waals surface area contributed by atoms with E-state index in [1.807, 2.05) is 0 Å². The van der Waals surface area contributed by atoms with Crippen LogP contribution in [0.15, 0.2) is 79.1 Å². The van der Waals surface area contributed by atoms with E-state index < -0.39 is 46.3 Å². The van der Waals surface area contributed by atoms with Crippen molar-refractivity contribution < 1.29 is 39.9 Å². The van der Waals surface area contributed by atoms with Gasteiger partial charge in [0.05, 0.1) is 0 Å². The van der Waals surface area contributed by atoms with Gasteiger partial charge in [-0.25, -0.2) is 26.3 Å². The zero-order chi connectivity index (χ0) is 33.7. The van der Waals surface area contributed by atoms with Crippen LogP contribution in [0.25, 0.3) is 28.1 Å². The molecule has 4 aromatic carbocycles. The van der Waals surface area contributed by atoms with Gasteiger partial charge in [0.1, 0.15) is 40.9 Å². The normalized spacial score (nSPS) is 17.2. The fourth-order valence-corrected chi connectivity index (χ4v) is 6.35. The SMILES string of the molecule is CCCCCC1CCC(c2cc(F)c(C(F)(F)Oc3ccc(-c4ccc(-c5ccc(C(F)=CF)c(F)c5)c(F)c4)cc3)c(F)c2)CC1. The molecule has 0 bridgehead atoms. The van der Waals surface area contributed by atoms with Gasteiger partial charge in [-0.3, -0.25) is 0 Å². The highest BCUT2D eigenvalue weighted by Crippen LogP contribution is 2.41. The van der Waals surface area contributed by atoms with Crippen molar-refractivity contribution in [2.24, 2.45) is 5.92 Å². The summed E-state index contributed by atoms with van der Waals surface area (Å²) in [7, 11) is 0. The van der Waals surface area contributed by atoms with Gasteiger partial charge in [-0.2, -0.15) is 8.78 Å². The monoisotopic (exact) mass is 658 g/mol. The number of hydrogen-bond acceptors (Lipinski definition) is 1. The highest BCUT2D eigenvalue weighted by atomic mass is 19.3. The minimum atomic E-state index is -4.31. The highest BCUT2D eigenvalue weighted by Gasteiger charge is 2.41. The van der Waals surface area contributed by atoms with Crippen LogP contribution < -0.4 is 4.74 Å². The number of hydrogen-bond donors (Lipinski definition) is 0. The lowest BCUT2D eigenvalue weighted by Gasteiger charge is -2.29. The molecule has 0 radical (unpaired) electrons. The van der Waals surface area contributed by atoms with Gasteiger partial charge in [0.2, 0.25) is 0 Å². The third-order valence-electron chi connectivity index (χ3n) is 8.93. The van der Waals surface area contributed by atoms with E-state index in [0.717, 1.165) is 68.9 Å². The molecule has 1 saturated carbocycles. The van der Waals surface area contributed by atoms with Crippen LogP contribution in [-0.4, -0.2) is 0 Å². The summed E-state index contributed by atoms with van der Waals surface area (Å²) >= 11 is 0. The second-order valence-electron chi connectivity index (χ2n) is 12.1. The van der Waals surface area contributed by atoms with E-state index in [9.17, 15) is 13.2 Å². The molecule has 1 aliphatic carbocycles. The van der Waals surface area contributed by atoms with E-state index in [1.165, 1.54) is 55.3 Å². The molecule has 1 nitrogen and oxygen atoms in total. The third-order valence-corrected chi connectivity index (χ3v) is 8.93. The predicted molar refractivity (Wildman–Crippen MR) is 167 cm³/mol. The van der Waals surface area contributed by atoms with Crippen LogP contribution in [-0.2, 0) is 6.11 Å². The molecular formula is C38H34F8O. The minimum absolute atomic E-state index is 0.00593. The van der Waals surface area contributed by atoms with E-state index in [0.29, 0.717) is 22.6 Å². The molecule has 0 spiro atoms. The second-order valence-corrected chi connectivity index (χ2v) is 12.1. The van der Waals surface area contributed by atoms with Crippen LogP contribution in [0.1, 0.15) is 80.9 Å². The molecule has 0 aliphatic heterocycles. The first-order valence-corrected chi connectivity index (χ1v) is 15.7. The summed E-state index contributed by atoms with van der Waals surface area (Å²) < 4.78 is 120. The van der Waals surface area contributed by atoms with Crippen LogP contribution in [0.4, 0.5) is 35.1 Å². The first kappa shape index (κ1) is 34.2. The van der Waals surface area contributed by atoms with Gasteiger partial charge >= 0.3 is 6.11 Å². The average Bonchev–Trinajstić information content (AvgIpc) is 3.04. The van der Waals surface area contributed by atoms with Crippen molar-refractivity contribution >= 4 is 5.83 Å². The van der Waals surface area contributed by atoms with E-state index in [2.05, 4.69) is 6.92 Å². The number of rotatable bonds is 11. The molecule has 0 unspecified atom stereocenters. The fourth-order valence-electron chi connectivity index (χ4n) is 6.35. The van der Waals surface area contributed by atoms with Crippen molar-refractivity contribution in [2.45, 2.75) is 70.3 Å². The summed E-state index contributed by atoms with van der Waals surface area (Å²) in [4.78, 5) is 0. The molecule has 9 heteroatoms. The largest absolute Gasteiger partial charge is 0.432 e. The molecule has 4 aromatic rings. The maximum Gasteiger partial charge on any atom is 0.432 e. The van der Waals surface area contributed by atoms with Crippen LogP contribution >= 0.6 is 0 Å². The Bertz CT molecular complexity index is 1700. The smallest absolute Gasteiger partial charge is 0.429 e. The van der Waals surface area contributed by atoms with E-state index in [4.69, 9.17) is 4.74 Å². The van der Waals surface area contributed by atoms with Crippen LogP contribution in [0.3, 0.4) is 0 Å². The molecule has 1 fully saturated rings. The molecule has 0 aromatic heterocycles. The van der Waals surface area contributed by atoms with Gasteiger partial charge in [0.15, 0.2) is 5.83 Å². The van der Waals surface area contributed by atoms with E-state index in [1.54, 1.807) is 0 Å². The van der Waals surface area contributed by atoms with Gasteiger partial charge in [0.25, 0.3) is 0 Å². The molecular weight excluding hydrogens is 624 g/mol. The lowest BCUT2D eigenvalue weighted by Crippen LogP contribution is -2.25. The van der Waals surface area contributed by atoms with Gasteiger partial charge in [-0.1, -0.05) is 62.9 Å². The second kappa shape index (κ2) is 14.7. The first-order chi connectivity index (χ1) is 22.5. The molecule has 0 amide bonds. The summed E-state index contributed by atoms with van der Waals surface area (Å²) in [6, 6.07) is 14.2. The van der Waals surface area contributed by atoms with Crippen molar-refractivity contribution in [1.82, 2.24) is 0 Å². The number of unbranched alkanes of at least 4 members (excludes halogenated alkanes) is 2. The van der Waals surface area contributed by atoms with E-state index in [-0.39, 0.29) is 29.1 Å². The fraction of sp³-hybridized carbons (Fsp3) is 0.316. The Morgan fingerprint density at radius 1 is 0.745 bits per heavy atom. The van der Waals surface area contributed by atoms with Crippen LogP contribution in [0.2, 0.25) is 0 Å². The molecule has 5 rings (SSSR count). The predicted octanol–water partition coefficient (Wildman–Crippen LogP) is 12.8. The summed E-state index contributed by atoms with van der Waals surface area (Å²) in [5.41, 5.74) is -0.864. The number of benzene rings is 4. The van der Waals surface area contributed by atoms with Crippen molar-refractivity contribution in [2.75, 3.05) is 0 Å². The van der Waals surface area contributed by atoms with Crippen LogP contribution in [0, 0.1) is 29.2 Å². The zero-order valence-corrected chi connectivity index (χ0v) is 25.7. The standard InChI is InChI=1S/C38H34F8O/c1-2-3-4-5-23-6-8-25(9-7-23)28-20-34(42)37(35(43)21-28)38(45,46)47-29-14-10-24(11-15-29)26-12-16-30(32(40)18-26)27-13-17-31(33(41)19-27)36(44)22-39/h10-23,25H,2-9H2,1H3. The first-order valence-electron chi connectivity index (χ1n) is 15.7. The lowest BCUT2D eigenvalue weighted by molar-refractivity contribution is -0.189. The Hall–Kier alpha value is -4.14. The van der Waals surface area contributed by atoms with E-state index >= 15 is 22.0 Å². The average molecular weight is 659 g/mol. The molecule has 0 heterocycles. The topological polar surface area (TPSA) is 9.23 Å². The maximum absolute atomic E-state index is 15.1. The van der Waals surface area contributed by atoms with Gasteiger partial charge < -0.3 is 4.74 Å². The molecule has 248 valence electrons. The quantitative estimate of drug-likeness (QED) is 0.115. The third kappa shape index (κ3) is 7.88. The van der Waals surface area contributed by atoms with Crippen molar-refractivity contribution in [1.29, 1.82) is 0 Å². The van der Waals surface area contributed by atoms with Crippen molar-refractivity contribution in [3.8, 4) is 28.0 Å². The Labute approximate surface area is 268 Å². The summed E-state index contributed by atoms with van der Waals surface area (Å²) in [5.74, 6) is -5.85.